The van der Waals surface area contributed by atoms with Crippen molar-refractivity contribution in [2.24, 2.45) is 0 Å². The van der Waals surface area contributed by atoms with E-state index in [2.05, 4.69) is 20.9 Å². The number of hydrogen-bond donors (Lipinski definition) is 0. The molecule has 4 heteroatoms. The van der Waals surface area contributed by atoms with Gasteiger partial charge in [0.15, 0.2) is 0 Å². The van der Waals surface area contributed by atoms with Gasteiger partial charge in [-0.1, -0.05) is 0 Å². The SMILES string of the molecule is C=O.Fc1ncccc1Br. The minimum atomic E-state index is -0.465. The number of nitrogens with zero attached hydrogens (tertiary/aromatic N) is 1. The Morgan fingerprint density at radius 3 is 2.50 bits per heavy atom. The fourth-order valence-electron chi connectivity index (χ4n) is 0.366. The van der Waals surface area contributed by atoms with E-state index in [0.29, 0.717) is 4.47 Å². The van der Waals surface area contributed by atoms with Gasteiger partial charge in [0, 0.05) is 6.20 Å². The zero-order valence-electron chi connectivity index (χ0n) is 5.05. The summed E-state index contributed by atoms with van der Waals surface area (Å²) in [5.74, 6) is -0.465. The van der Waals surface area contributed by atoms with Crippen LogP contribution in [0.4, 0.5) is 4.39 Å². The van der Waals surface area contributed by atoms with Gasteiger partial charge < -0.3 is 4.79 Å². The van der Waals surface area contributed by atoms with Gasteiger partial charge in [0.25, 0.3) is 0 Å². The van der Waals surface area contributed by atoms with Crippen molar-refractivity contribution in [2.45, 2.75) is 0 Å². The maximum absolute atomic E-state index is 12.2. The Bertz CT molecular complexity index is 186. The van der Waals surface area contributed by atoms with Gasteiger partial charge in [-0.25, -0.2) is 4.98 Å². The van der Waals surface area contributed by atoms with Crippen LogP contribution in [0.1, 0.15) is 0 Å². The third-order valence-corrected chi connectivity index (χ3v) is 1.31. The van der Waals surface area contributed by atoms with E-state index in [9.17, 15) is 4.39 Å². The van der Waals surface area contributed by atoms with Crippen LogP contribution in [0, 0.1) is 5.95 Å². The highest BCUT2D eigenvalue weighted by molar-refractivity contribution is 9.10. The number of carbonyl (C=O) groups excluding carboxylic acids is 1. The Labute approximate surface area is 66.2 Å². The molecule has 0 aliphatic rings. The average Bonchev–Trinajstić information content (AvgIpc) is 2.00. The summed E-state index contributed by atoms with van der Waals surface area (Å²) in [5.41, 5.74) is 0. The fourth-order valence-corrected chi connectivity index (χ4v) is 0.621. The first-order valence-corrected chi connectivity index (χ1v) is 3.15. The van der Waals surface area contributed by atoms with E-state index in [-0.39, 0.29) is 0 Å². The maximum atomic E-state index is 12.2. The van der Waals surface area contributed by atoms with Gasteiger partial charge in [-0.05, 0) is 28.1 Å². The molecule has 1 rings (SSSR count). The molecule has 0 atom stereocenters. The summed E-state index contributed by atoms with van der Waals surface area (Å²) < 4.78 is 12.6. The molecule has 0 radical (unpaired) electrons. The first-order valence-electron chi connectivity index (χ1n) is 2.35. The molecule has 1 aromatic heterocycles. The summed E-state index contributed by atoms with van der Waals surface area (Å²) in [6, 6.07) is 3.26. The Kier molecular flexibility index (Phi) is 4.66. The van der Waals surface area contributed by atoms with Crippen molar-refractivity contribution in [1.82, 2.24) is 4.98 Å². The summed E-state index contributed by atoms with van der Waals surface area (Å²) in [4.78, 5) is 11.4. The lowest BCUT2D eigenvalue weighted by Crippen LogP contribution is -1.79. The minimum absolute atomic E-state index is 0.403. The van der Waals surface area contributed by atoms with Crippen LogP contribution in [0.15, 0.2) is 22.8 Å². The van der Waals surface area contributed by atoms with E-state index in [1.54, 1.807) is 12.1 Å². The molecule has 0 bridgehead atoms. The molecular formula is C6H5BrFNO. The van der Waals surface area contributed by atoms with E-state index in [1.165, 1.54) is 6.20 Å². The van der Waals surface area contributed by atoms with Gasteiger partial charge in [0.1, 0.15) is 6.79 Å². The molecule has 1 aromatic rings. The lowest BCUT2D eigenvalue weighted by atomic mass is 10.5. The van der Waals surface area contributed by atoms with Crippen molar-refractivity contribution in [2.75, 3.05) is 0 Å². The van der Waals surface area contributed by atoms with Crippen LogP contribution in [0.5, 0.6) is 0 Å². The summed E-state index contributed by atoms with van der Waals surface area (Å²) in [6.45, 7) is 2.00. The van der Waals surface area contributed by atoms with Gasteiger partial charge in [-0.2, -0.15) is 4.39 Å². The molecule has 0 aromatic carbocycles. The van der Waals surface area contributed by atoms with Crippen molar-refractivity contribution < 1.29 is 9.18 Å². The van der Waals surface area contributed by atoms with E-state index < -0.39 is 5.95 Å². The largest absolute Gasteiger partial charge is 0.307 e. The number of aromatic nitrogens is 1. The smallest absolute Gasteiger partial charge is 0.227 e. The lowest BCUT2D eigenvalue weighted by molar-refractivity contribution is -0.0979. The quantitative estimate of drug-likeness (QED) is 0.605. The second-order valence-electron chi connectivity index (χ2n) is 1.28. The molecule has 0 N–H and O–H groups in total. The number of carbonyl (C=O) groups is 1. The Morgan fingerprint density at radius 2 is 2.20 bits per heavy atom. The highest BCUT2D eigenvalue weighted by Gasteiger charge is 1.92. The number of rotatable bonds is 0. The summed E-state index contributed by atoms with van der Waals surface area (Å²) >= 11 is 2.96. The first-order chi connectivity index (χ1) is 4.80. The summed E-state index contributed by atoms with van der Waals surface area (Å²) in [5, 5.41) is 0. The molecule has 0 aliphatic carbocycles. The monoisotopic (exact) mass is 205 g/mol. The van der Waals surface area contributed by atoms with Crippen LogP contribution >= 0.6 is 15.9 Å². The predicted octanol–water partition coefficient (Wildman–Crippen LogP) is 1.80. The lowest BCUT2D eigenvalue weighted by Gasteiger charge is -1.86. The second kappa shape index (κ2) is 5.05. The Morgan fingerprint density at radius 1 is 1.60 bits per heavy atom. The topological polar surface area (TPSA) is 30.0 Å². The number of hydrogen-bond acceptors (Lipinski definition) is 2. The highest BCUT2D eigenvalue weighted by Crippen LogP contribution is 2.09. The summed E-state index contributed by atoms with van der Waals surface area (Å²) in [7, 11) is 0. The highest BCUT2D eigenvalue weighted by atomic mass is 79.9. The van der Waals surface area contributed by atoms with E-state index in [1.807, 2.05) is 6.79 Å². The summed E-state index contributed by atoms with van der Waals surface area (Å²) in [6.07, 6.45) is 1.40. The van der Waals surface area contributed by atoms with Crippen molar-refractivity contribution in [3.63, 3.8) is 0 Å². The molecule has 0 amide bonds. The Balaban J connectivity index is 0.000000371. The van der Waals surface area contributed by atoms with Gasteiger partial charge in [-0.15, -0.1) is 0 Å². The number of halogens is 2. The molecule has 2 nitrogen and oxygen atoms in total. The third kappa shape index (κ3) is 2.68. The first kappa shape index (κ1) is 9.23. The zero-order chi connectivity index (χ0) is 7.98. The molecule has 1 heterocycles. The van der Waals surface area contributed by atoms with Crippen molar-refractivity contribution in [1.29, 1.82) is 0 Å². The molecule has 54 valence electrons. The molecule has 0 aliphatic heterocycles. The fraction of sp³-hybridized carbons (Fsp3) is 0. The van der Waals surface area contributed by atoms with Crippen molar-refractivity contribution in [3.05, 3.63) is 28.7 Å². The maximum Gasteiger partial charge on any atom is 0.227 e. The van der Waals surface area contributed by atoms with Crippen molar-refractivity contribution in [3.8, 4) is 0 Å². The van der Waals surface area contributed by atoms with Crippen LogP contribution < -0.4 is 0 Å². The third-order valence-electron chi connectivity index (χ3n) is 0.714. The standard InChI is InChI=1S/C5H3BrFN.CH2O/c6-4-2-1-3-8-5(4)7;1-2/h1-3H;1H2. The van der Waals surface area contributed by atoms with Crippen LogP contribution in [0.3, 0.4) is 0 Å². The molecule has 0 saturated carbocycles. The molecule has 0 spiro atoms. The molecule has 10 heavy (non-hydrogen) atoms. The van der Waals surface area contributed by atoms with E-state index in [4.69, 9.17) is 4.79 Å². The molecule has 0 saturated heterocycles. The second-order valence-corrected chi connectivity index (χ2v) is 2.13. The predicted molar refractivity (Wildman–Crippen MR) is 39.0 cm³/mol. The normalized spacial score (nSPS) is 7.80. The van der Waals surface area contributed by atoms with Crippen LogP contribution in [0.2, 0.25) is 0 Å². The van der Waals surface area contributed by atoms with Crippen LogP contribution in [-0.4, -0.2) is 11.8 Å². The van der Waals surface area contributed by atoms with Crippen LogP contribution in [0.25, 0.3) is 0 Å². The number of pyridine rings is 1. The van der Waals surface area contributed by atoms with Gasteiger partial charge in [-0.3, -0.25) is 0 Å². The van der Waals surface area contributed by atoms with Gasteiger partial charge in [0.05, 0.1) is 4.47 Å². The molecule has 0 unspecified atom stereocenters. The van der Waals surface area contributed by atoms with Gasteiger partial charge >= 0.3 is 0 Å². The van der Waals surface area contributed by atoms with Crippen LogP contribution in [-0.2, 0) is 4.79 Å². The molecular weight excluding hydrogens is 201 g/mol. The van der Waals surface area contributed by atoms with E-state index >= 15 is 0 Å². The van der Waals surface area contributed by atoms with Gasteiger partial charge in [0.2, 0.25) is 5.95 Å². The zero-order valence-corrected chi connectivity index (χ0v) is 6.64. The van der Waals surface area contributed by atoms with E-state index in [0.717, 1.165) is 0 Å². The molecule has 0 fully saturated rings. The minimum Gasteiger partial charge on any atom is -0.307 e. The Hall–Kier alpha value is -0.770. The van der Waals surface area contributed by atoms with Crippen molar-refractivity contribution >= 4 is 22.7 Å². The average molecular weight is 206 g/mol.